The Morgan fingerprint density at radius 3 is 2.86 bits per heavy atom. The summed E-state index contributed by atoms with van der Waals surface area (Å²) in [4.78, 5) is 0. The van der Waals surface area contributed by atoms with E-state index in [1.807, 2.05) is 0 Å². The van der Waals surface area contributed by atoms with Gasteiger partial charge in [-0.15, -0.1) is 0 Å². The standard InChI is InChI=1S/C18H23NO3/c1-12(2)18(19-11-15(20)17-4-3-8-21-17)14-5-6-16-13(10-14)7-9-22-16/h3-6,8,10,12,15,18-20H,7,9,11H2,1-2H3/t15-,18-/m1/s1. The highest BCUT2D eigenvalue weighted by Crippen LogP contribution is 2.30. The molecule has 2 heterocycles. The molecule has 22 heavy (non-hydrogen) atoms. The summed E-state index contributed by atoms with van der Waals surface area (Å²) in [5.41, 5.74) is 2.52. The Labute approximate surface area is 131 Å². The number of benzene rings is 1. The van der Waals surface area contributed by atoms with Crippen LogP contribution in [0.4, 0.5) is 0 Å². The number of furan rings is 1. The molecule has 1 aromatic heterocycles. The lowest BCUT2D eigenvalue weighted by atomic mass is 9.94. The smallest absolute Gasteiger partial charge is 0.133 e. The molecule has 1 aliphatic rings. The number of aliphatic hydroxyl groups is 1. The predicted molar refractivity (Wildman–Crippen MR) is 84.9 cm³/mol. The Hall–Kier alpha value is -1.78. The lowest BCUT2D eigenvalue weighted by Gasteiger charge is -2.24. The summed E-state index contributed by atoms with van der Waals surface area (Å²) in [6, 6.07) is 10.2. The number of hydrogen-bond donors (Lipinski definition) is 2. The molecular formula is C18H23NO3. The highest BCUT2D eigenvalue weighted by Gasteiger charge is 2.21. The van der Waals surface area contributed by atoms with E-state index < -0.39 is 6.10 Å². The van der Waals surface area contributed by atoms with E-state index in [2.05, 4.69) is 37.4 Å². The van der Waals surface area contributed by atoms with E-state index in [1.165, 1.54) is 11.1 Å². The van der Waals surface area contributed by atoms with E-state index in [0.717, 1.165) is 18.8 Å². The Morgan fingerprint density at radius 2 is 2.14 bits per heavy atom. The topological polar surface area (TPSA) is 54.6 Å². The maximum Gasteiger partial charge on any atom is 0.133 e. The number of ether oxygens (including phenoxy) is 1. The summed E-state index contributed by atoms with van der Waals surface area (Å²) in [7, 11) is 0. The highest BCUT2D eigenvalue weighted by molar-refractivity contribution is 5.41. The largest absolute Gasteiger partial charge is 0.493 e. The fourth-order valence-electron chi connectivity index (χ4n) is 2.96. The first kappa shape index (κ1) is 15.1. The molecule has 118 valence electrons. The molecule has 0 saturated heterocycles. The number of fused-ring (bicyclic) bond motifs is 1. The molecular weight excluding hydrogens is 278 g/mol. The van der Waals surface area contributed by atoms with Gasteiger partial charge < -0.3 is 19.6 Å². The van der Waals surface area contributed by atoms with Crippen molar-refractivity contribution in [2.24, 2.45) is 5.92 Å². The molecule has 0 spiro atoms. The van der Waals surface area contributed by atoms with Crippen molar-refractivity contribution < 1.29 is 14.3 Å². The van der Waals surface area contributed by atoms with Crippen LogP contribution >= 0.6 is 0 Å². The van der Waals surface area contributed by atoms with Crippen LogP contribution in [0.3, 0.4) is 0 Å². The normalized spacial score (nSPS) is 16.4. The zero-order valence-electron chi connectivity index (χ0n) is 13.1. The first-order valence-corrected chi connectivity index (χ1v) is 7.85. The summed E-state index contributed by atoms with van der Waals surface area (Å²) in [5.74, 6) is 2.02. The molecule has 0 saturated carbocycles. The summed E-state index contributed by atoms with van der Waals surface area (Å²) in [6.07, 6.45) is 1.93. The fraction of sp³-hybridized carbons (Fsp3) is 0.444. The van der Waals surface area contributed by atoms with Crippen molar-refractivity contribution in [3.8, 4) is 5.75 Å². The molecule has 1 aromatic carbocycles. The third-order valence-corrected chi connectivity index (χ3v) is 4.14. The van der Waals surface area contributed by atoms with E-state index in [0.29, 0.717) is 18.2 Å². The third-order valence-electron chi connectivity index (χ3n) is 4.14. The first-order chi connectivity index (χ1) is 10.6. The molecule has 4 nitrogen and oxygen atoms in total. The van der Waals surface area contributed by atoms with Gasteiger partial charge >= 0.3 is 0 Å². The van der Waals surface area contributed by atoms with Crippen LogP contribution in [0.2, 0.25) is 0 Å². The Bertz CT molecular complexity index is 607. The van der Waals surface area contributed by atoms with Crippen molar-refractivity contribution in [1.29, 1.82) is 0 Å². The van der Waals surface area contributed by atoms with Gasteiger partial charge in [-0.3, -0.25) is 0 Å². The second kappa shape index (κ2) is 6.55. The summed E-state index contributed by atoms with van der Waals surface area (Å²) < 4.78 is 10.8. The SMILES string of the molecule is CC(C)[C@@H](NC[C@@H](O)c1ccco1)c1ccc2c(c1)CCO2. The van der Waals surface area contributed by atoms with Gasteiger partial charge in [0.15, 0.2) is 0 Å². The molecule has 3 rings (SSSR count). The van der Waals surface area contributed by atoms with Crippen molar-refractivity contribution >= 4 is 0 Å². The molecule has 4 heteroatoms. The van der Waals surface area contributed by atoms with E-state index in [9.17, 15) is 5.11 Å². The van der Waals surface area contributed by atoms with Crippen molar-refractivity contribution in [2.75, 3.05) is 13.2 Å². The minimum atomic E-state index is -0.631. The third kappa shape index (κ3) is 3.18. The predicted octanol–water partition coefficient (Wildman–Crippen LogP) is 3.23. The van der Waals surface area contributed by atoms with Gasteiger partial charge in [-0.1, -0.05) is 26.0 Å². The maximum absolute atomic E-state index is 10.2. The highest BCUT2D eigenvalue weighted by atomic mass is 16.5. The van der Waals surface area contributed by atoms with Crippen molar-refractivity contribution in [2.45, 2.75) is 32.4 Å². The Balaban J connectivity index is 1.70. The van der Waals surface area contributed by atoms with E-state index in [4.69, 9.17) is 9.15 Å². The van der Waals surface area contributed by atoms with Gasteiger partial charge in [0.05, 0.1) is 12.9 Å². The molecule has 0 unspecified atom stereocenters. The van der Waals surface area contributed by atoms with Gasteiger partial charge in [-0.25, -0.2) is 0 Å². The molecule has 0 aliphatic carbocycles. The molecule has 2 aromatic rings. The second-order valence-corrected chi connectivity index (χ2v) is 6.13. The molecule has 0 bridgehead atoms. The van der Waals surface area contributed by atoms with Gasteiger partial charge in [0.25, 0.3) is 0 Å². The Kier molecular flexibility index (Phi) is 4.50. The monoisotopic (exact) mass is 301 g/mol. The van der Waals surface area contributed by atoms with Gasteiger partial charge in [-0.2, -0.15) is 0 Å². The minimum Gasteiger partial charge on any atom is -0.493 e. The summed E-state index contributed by atoms with van der Waals surface area (Å²) >= 11 is 0. The maximum atomic E-state index is 10.2. The summed E-state index contributed by atoms with van der Waals surface area (Å²) in [5, 5.41) is 13.6. The van der Waals surface area contributed by atoms with Crippen LogP contribution in [0, 0.1) is 5.92 Å². The zero-order valence-corrected chi connectivity index (χ0v) is 13.1. The van der Waals surface area contributed by atoms with Gasteiger partial charge in [-0.05, 0) is 35.2 Å². The minimum absolute atomic E-state index is 0.190. The Morgan fingerprint density at radius 1 is 1.27 bits per heavy atom. The van der Waals surface area contributed by atoms with Crippen LogP contribution in [0.15, 0.2) is 41.0 Å². The molecule has 0 amide bonds. The van der Waals surface area contributed by atoms with Crippen molar-refractivity contribution in [3.63, 3.8) is 0 Å². The van der Waals surface area contributed by atoms with Gasteiger partial charge in [0.1, 0.15) is 17.6 Å². The first-order valence-electron chi connectivity index (χ1n) is 7.85. The van der Waals surface area contributed by atoms with Crippen LogP contribution in [0.5, 0.6) is 5.75 Å². The van der Waals surface area contributed by atoms with Crippen LogP contribution < -0.4 is 10.1 Å². The van der Waals surface area contributed by atoms with Crippen LogP contribution in [0.1, 0.15) is 42.9 Å². The average Bonchev–Trinajstić information content (AvgIpc) is 3.17. The van der Waals surface area contributed by atoms with Crippen LogP contribution in [0.25, 0.3) is 0 Å². The lowest BCUT2D eigenvalue weighted by Crippen LogP contribution is -2.29. The number of hydrogen-bond acceptors (Lipinski definition) is 4. The quantitative estimate of drug-likeness (QED) is 0.860. The lowest BCUT2D eigenvalue weighted by molar-refractivity contribution is 0.140. The fourth-order valence-corrected chi connectivity index (χ4v) is 2.96. The molecule has 1 aliphatic heterocycles. The van der Waals surface area contributed by atoms with Crippen molar-refractivity contribution in [3.05, 3.63) is 53.5 Å². The number of aliphatic hydroxyl groups excluding tert-OH is 1. The second-order valence-electron chi connectivity index (χ2n) is 6.13. The van der Waals surface area contributed by atoms with Crippen molar-refractivity contribution in [1.82, 2.24) is 5.32 Å². The van der Waals surface area contributed by atoms with Crippen LogP contribution in [-0.4, -0.2) is 18.3 Å². The van der Waals surface area contributed by atoms with Gasteiger partial charge in [0.2, 0.25) is 0 Å². The zero-order chi connectivity index (χ0) is 15.5. The molecule has 2 atom stereocenters. The number of rotatable bonds is 6. The molecule has 0 radical (unpaired) electrons. The van der Waals surface area contributed by atoms with Crippen LogP contribution in [-0.2, 0) is 6.42 Å². The molecule has 0 fully saturated rings. The van der Waals surface area contributed by atoms with E-state index >= 15 is 0 Å². The number of nitrogens with one attached hydrogen (secondary N) is 1. The summed E-state index contributed by atoms with van der Waals surface area (Å²) in [6.45, 7) is 5.60. The van der Waals surface area contributed by atoms with E-state index in [-0.39, 0.29) is 6.04 Å². The average molecular weight is 301 g/mol. The van der Waals surface area contributed by atoms with E-state index in [1.54, 1.807) is 18.4 Å². The molecule has 2 N–H and O–H groups in total. The van der Waals surface area contributed by atoms with Gasteiger partial charge in [0, 0.05) is 19.0 Å².